The predicted octanol–water partition coefficient (Wildman–Crippen LogP) is 2.50. The van der Waals surface area contributed by atoms with Crippen LogP contribution in [0.1, 0.15) is 40.4 Å². The van der Waals surface area contributed by atoms with E-state index in [0.29, 0.717) is 11.3 Å². The molecule has 1 aromatic carbocycles. The van der Waals surface area contributed by atoms with Gasteiger partial charge in [0.05, 0.1) is 12.6 Å². The summed E-state index contributed by atoms with van der Waals surface area (Å²) < 4.78 is 5.45. The summed E-state index contributed by atoms with van der Waals surface area (Å²) in [6.07, 6.45) is 0. The van der Waals surface area contributed by atoms with E-state index >= 15 is 0 Å². The summed E-state index contributed by atoms with van der Waals surface area (Å²) in [4.78, 5) is 23.8. The third-order valence-electron chi connectivity index (χ3n) is 3.26. The molecule has 5 nitrogen and oxygen atoms in total. The SMILES string of the molecule is Cc1cccc(C(=O)NCC(=O)NC(C)c2ccc(C)o2)c1. The highest BCUT2D eigenvalue weighted by Crippen LogP contribution is 2.15. The Morgan fingerprint density at radius 2 is 1.95 bits per heavy atom. The van der Waals surface area contributed by atoms with E-state index in [1.165, 1.54) is 0 Å². The molecule has 0 aliphatic heterocycles. The number of furan rings is 1. The van der Waals surface area contributed by atoms with Crippen molar-refractivity contribution in [3.05, 3.63) is 59.0 Å². The molecule has 1 heterocycles. The molecule has 116 valence electrons. The molecule has 0 radical (unpaired) electrons. The van der Waals surface area contributed by atoms with Crippen molar-refractivity contribution in [3.8, 4) is 0 Å². The zero-order valence-electron chi connectivity index (χ0n) is 13.0. The predicted molar refractivity (Wildman–Crippen MR) is 83.5 cm³/mol. The molecule has 0 bridgehead atoms. The Labute approximate surface area is 129 Å². The lowest BCUT2D eigenvalue weighted by atomic mass is 10.1. The van der Waals surface area contributed by atoms with Crippen molar-refractivity contribution in [2.24, 2.45) is 0 Å². The van der Waals surface area contributed by atoms with Gasteiger partial charge in [0, 0.05) is 5.56 Å². The van der Waals surface area contributed by atoms with Gasteiger partial charge in [0.15, 0.2) is 0 Å². The van der Waals surface area contributed by atoms with Crippen LogP contribution in [0.3, 0.4) is 0 Å². The van der Waals surface area contributed by atoms with Gasteiger partial charge in [-0.3, -0.25) is 9.59 Å². The van der Waals surface area contributed by atoms with Gasteiger partial charge in [-0.1, -0.05) is 17.7 Å². The number of carbonyl (C=O) groups excluding carboxylic acids is 2. The molecule has 2 rings (SSSR count). The molecule has 2 amide bonds. The highest BCUT2D eigenvalue weighted by atomic mass is 16.3. The zero-order chi connectivity index (χ0) is 16.1. The summed E-state index contributed by atoms with van der Waals surface area (Å²) in [6, 6.07) is 10.7. The van der Waals surface area contributed by atoms with Gasteiger partial charge in [-0.15, -0.1) is 0 Å². The van der Waals surface area contributed by atoms with Crippen LogP contribution in [0.2, 0.25) is 0 Å². The number of aryl methyl sites for hydroxylation is 2. The normalized spacial score (nSPS) is 11.8. The number of hydrogen-bond acceptors (Lipinski definition) is 3. The van der Waals surface area contributed by atoms with Crippen LogP contribution in [0, 0.1) is 13.8 Å². The van der Waals surface area contributed by atoms with Crippen LogP contribution >= 0.6 is 0 Å². The first-order valence-corrected chi connectivity index (χ1v) is 7.16. The second-order valence-corrected chi connectivity index (χ2v) is 5.29. The van der Waals surface area contributed by atoms with E-state index in [1.807, 2.05) is 45.0 Å². The minimum absolute atomic E-state index is 0.0726. The molecule has 1 unspecified atom stereocenters. The van der Waals surface area contributed by atoms with Crippen molar-refractivity contribution >= 4 is 11.8 Å². The molecule has 0 spiro atoms. The van der Waals surface area contributed by atoms with Crippen molar-refractivity contribution in [1.82, 2.24) is 10.6 Å². The van der Waals surface area contributed by atoms with E-state index in [-0.39, 0.29) is 24.4 Å². The standard InChI is InChI=1S/C17H20N2O3/c1-11-5-4-6-14(9-11)17(21)18-10-16(20)19-13(3)15-8-7-12(2)22-15/h4-9,13H,10H2,1-3H3,(H,18,21)(H,19,20). The highest BCUT2D eigenvalue weighted by molar-refractivity contribution is 5.96. The molecule has 1 aromatic heterocycles. The van der Waals surface area contributed by atoms with Crippen LogP contribution in [0.15, 0.2) is 40.8 Å². The Morgan fingerprint density at radius 3 is 2.59 bits per heavy atom. The lowest BCUT2D eigenvalue weighted by Gasteiger charge is -2.12. The van der Waals surface area contributed by atoms with Gasteiger partial charge >= 0.3 is 0 Å². The Morgan fingerprint density at radius 1 is 1.18 bits per heavy atom. The van der Waals surface area contributed by atoms with Gasteiger partial charge in [-0.25, -0.2) is 0 Å². The molecule has 0 saturated carbocycles. The monoisotopic (exact) mass is 300 g/mol. The molecule has 2 aromatic rings. The summed E-state index contributed by atoms with van der Waals surface area (Å²) in [7, 11) is 0. The molecule has 0 aliphatic carbocycles. The van der Waals surface area contributed by atoms with Crippen LogP contribution in [0.5, 0.6) is 0 Å². The van der Waals surface area contributed by atoms with E-state index in [2.05, 4.69) is 10.6 Å². The van der Waals surface area contributed by atoms with Crippen LogP contribution in [0.4, 0.5) is 0 Å². The summed E-state index contributed by atoms with van der Waals surface area (Å²) in [5, 5.41) is 5.39. The first-order chi connectivity index (χ1) is 10.5. The van der Waals surface area contributed by atoms with E-state index in [9.17, 15) is 9.59 Å². The van der Waals surface area contributed by atoms with Crippen molar-refractivity contribution < 1.29 is 14.0 Å². The van der Waals surface area contributed by atoms with Gasteiger partial charge in [0.2, 0.25) is 5.91 Å². The molecule has 0 aliphatic rings. The summed E-state index contributed by atoms with van der Waals surface area (Å²) >= 11 is 0. The quantitative estimate of drug-likeness (QED) is 0.891. The third-order valence-corrected chi connectivity index (χ3v) is 3.26. The van der Waals surface area contributed by atoms with Gasteiger partial charge in [0.1, 0.15) is 11.5 Å². The third kappa shape index (κ3) is 4.22. The largest absolute Gasteiger partial charge is 0.464 e. The number of hydrogen-bond donors (Lipinski definition) is 2. The number of nitrogens with one attached hydrogen (secondary N) is 2. The van der Waals surface area contributed by atoms with E-state index in [1.54, 1.807) is 12.1 Å². The van der Waals surface area contributed by atoms with Crippen molar-refractivity contribution in [2.45, 2.75) is 26.8 Å². The molecular formula is C17H20N2O3. The van der Waals surface area contributed by atoms with E-state index < -0.39 is 0 Å². The van der Waals surface area contributed by atoms with Crippen molar-refractivity contribution in [3.63, 3.8) is 0 Å². The molecule has 2 N–H and O–H groups in total. The second-order valence-electron chi connectivity index (χ2n) is 5.29. The molecule has 22 heavy (non-hydrogen) atoms. The lowest BCUT2D eigenvalue weighted by Crippen LogP contribution is -2.37. The maximum atomic E-state index is 12.0. The Kier molecular flexibility index (Phi) is 4.99. The van der Waals surface area contributed by atoms with Crippen LogP contribution in [0.25, 0.3) is 0 Å². The smallest absolute Gasteiger partial charge is 0.251 e. The fourth-order valence-electron chi connectivity index (χ4n) is 2.10. The van der Waals surface area contributed by atoms with Gasteiger partial charge < -0.3 is 15.1 Å². The Balaban J connectivity index is 1.83. The average molecular weight is 300 g/mol. The van der Waals surface area contributed by atoms with Crippen LogP contribution < -0.4 is 10.6 Å². The number of rotatable bonds is 5. The molecule has 0 saturated heterocycles. The van der Waals surface area contributed by atoms with E-state index in [4.69, 9.17) is 4.42 Å². The minimum atomic E-state index is -0.264. The maximum Gasteiger partial charge on any atom is 0.251 e. The fraction of sp³-hybridized carbons (Fsp3) is 0.294. The first kappa shape index (κ1) is 15.8. The summed E-state index contributed by atoms with van der Waals surface area (Å²) in [6.45, 7) is 5.52. The minimum Gasteiger partial charge on any atom is -0.464 e. The summed E-state index contributed by atoms with van der Waals surface area (Å²) in [5.41, 5.74) is 1.54. The zero-order valence-corrected chi connectivity index (χ0v) is 13.0. The molecule has 5 heteroatoms. The summed E-state index contributed by atoms with van der Waals surface area (Å²) in [5.74, 6) is 0.961. The second kappa shape index (κ2) is 6.93. The van der Waals surface area contributed by atoms with Crippen molar-refractivity contribution in [1.29, 1.82) is 0 Å². The van der Waals surface area contributed by atoms with Crippen LogP contribution in [-0.4, -0.2) is 18.4 Å². The number of amides is 2. The highest BCUT2D eigenvalue weighted by Gasteiger charge is 2.13. The topological polar surface area (TPSA) is 71.3 Å². The van der Waals surface area contributed by atoms with E-state index in [0.717, 1.165) is 11.3 Å². The number of benzene rings is 1. The van der Waals surface area contributed by atoms with Gasteiger partial charge in [-0.2, -0.15) is 0 Å². The average Bonchev–Trinajstić information content (AvgIpc) is 2.91. The molecular weight excluding hydrogens is 280 g/mol. The first-order valence-electron chi connectivity index (χ1n) is 7.16. The van der Waals surface area contributed by atoms with Gasteiger partial charge in [-0.05, 0) is 45.0 Å². The van der Waals surface area contributed by atoms with Crippen LogP contribution in [-0.2, 0) is 4.79 Å². The fourth-order valence-corrected chi connectivity index (χ4v) is 2.10. The lowest BCUT2D eigenvalue weighted by molar-refractivity contribution is -0.120. The van der Waals surface area contributed by atoms with Crippen molar-refractivity contribution in [2.75, 3.05) is 6.54 Å². The maximum absolute atomic E-state index is 12.0. The number of carbonyl (C=O) groups is 2. The Hall–Kier alpha value is -2.56. The Bertz CT molecular complexity index is 676. The molecule has 1 atom stereocenters. The molecule has 0 fully saturated rings. The van der Waals surface area contributed by atoms with Gasteiger partial charge in [0.25, 0.3) is 5.91 Å².